The van der Waals surface area contributed by atoms with E-state index >= 15 is 0 Å². The zero-order chi connectivity index (χ0) is 15.2. The van der Waals surface area contributed by atoms with Crippen LogP contribution < -0.4 is 15.8 Å². The van der Waals surface area contributed by atoms with Crippen molar-refractivity contribution in [2.45, 2.75) is 19.9 Å². The molecule has 2 aromatic rings. The van der Waals surface area contributed by atoms with E-state index in [1.807, 2.05) is 12.1 Å². The molecule has 3 N–H and O–H groups in total. The minimum atomic E-state index is -0.209. The van der Waals surface area contributed by atoms with E-state index in [9.17, 15) is 4.79 Å². The van der Waals surface area contributed by atoms with Gasteiger partial charge in [0.05, 0.1) is 24.9 Å². The Kier molecular flexibility index (Phi) is 4.77. The second-order valence-corrected chi connectivity index (χ2v) is 4.61. The van der Waals surface area contributed by atoms with Crippen molar-refractivity contribution in [3.63, 3.8) is 0 Å². The molecule has 5 nitrogen and oxygen atoms in total. The average Bonchev–Trinajstić information content (AvgIpc) is 2.52. The van der Waals surface area contributed by atoms with Crippen LogP contribution in [0.5, 0.6) is 5.75 Å². The van der Waals surface area contributed by atoms with Gasteiger partial charge in [-0.3, -0.25) is 9.78 Å². The number of rotatable bonds is 5. The maximum absolute atomic E-state index is 12.2. The van der Waals surface area contributed by atoms with E-state index in [4.69, 9.17) is 10.5 Å². The quantitative estimate of drug-likeness (QED) is 0.825. The number of nitrogens with one attached hydrogen (secondary N) is 1. The van der Waals surface area contributed by atoms with Gasteiger partial charge in [-0.25, -0.2) is 0 Å². The maximum atomic E-state index is 12.2. The molecule has 0 radical (unpaired) electrons. The van der Waals surface area contributed by atoms with Crippen LogP contribution >= 0.6 is 0 Å². The first-order valence-corrected chi connectivity index (χ1v) is 6.80. The third kappa shape index (κ3) is 3.51. The fourth-order valence-corrected chi connectivity index (χ4v) is 2.11. The average molecular weight is 285 g/mol. The van der Waals surface area contributed by atoms with E-state index in [1.54, 1.807) is 24.4 Å². The Hall–Kier alpha value is -2.56. The largest absolute Gasteiger partial charge is 0.496 e. The lowest BCUT2D eigenvalue weighted by molar-refractivity contribution is 0.0947. The number of carbonyl (C=O) groups excluding carboxylic acids is 1. The maximum Gasteiger partial charge on any atom is 0.255 e. The molecule has 1 amide bonds. The molecule has 5 heteroatoms. The Morgan fingerprint density at radius 3 is 2.90 bits per heavy atom. The lowest BCUT2D eigenvalue weighted by Gasteiger charge is -2.11. The number of pyridine rings is 1. The number of aryl methyl sites for hydroxylation is 1. The summed E-state index contributed by atoms with van der Waals surface area (Å²) in [6, 6.07) is 8.87. The monoisotopic (exact) mass is 285 g/mol. The Morgan fingerprint density at radius 2 is 2.19 bits per heavy atom. The van der Waals surface area contributed by atoms with Crippen LogP contribution in [-0.2, 0) is 13.0 Å². The van der Waals surface area contributed by atoms with Gasteiger partial charge in [-0.1, -0.05) is 13.0 Å². The molecule has 0 unspecified atom stereocenters. The lowest BCUT2D eigenvalue weighted by Crippen LogP contribution is -2.24. The molecule has 0 aliphatic heterocycles. The summed E-state index contributed by atoms with van der Waals surface area (Å²) in [5.41, 5.74) is 8.70. The molecule has 0 fully saturated rings. The van der Waals surface area contributed by atoms with Crippen molar-refractivity contribution >= 4 is 11.6 Å². The Balaban J connectivity index is 2.12. The highest BCUT2D eigenvalue weighted by Crippen LogP contribution is 2.21. The van der Waals surface area contributed by atoms with Crippen LogP contribution in [0.3, 0.4) is 0 Å². The molecular weight excluding hydrogens is 266 g/mol. The van der Waals surface area contributed by atoms with Gasteiger partial charge in [0.1, 0.15) is 5.75 Å². The van der Waals surface area contributed by atoms with Crippen molar-refractivity contribution in [1.82, 2.24) is 10.3 Å². The summed E-state index contributed by atoms with van der Waals surface area (Å²) in [6.07, 6.45) is 2.61. The second-order valence-electron chi connectivity index (χ2n) is 4.61. The van der Waals surface area contributed by atoms with Crippen LogP contribution in [0.1, 0.15) is 28.5 Å². The lowest BCUT2D eigenvalue weighted by atomic mass is 10.1. The molecule has 0 spiro atoms. The van der Waals surface area contributed by atoms with Crippen molar-refractivity contribution < 1.29 is 9.53 Å². The summed E-state index contributed by atoms with van der Waals surface area (Å²) in [4.78, 5) is 16.6. The molecule has 0 saturated carbocycles. The van der Waals surface area contributed by atoms with E-state index in [2.05, 4.69) is 17.2 Å². The fraction of sp³-hybridized carbons (Fsp3) is 0.250. The molecule has 0 saturated heterocycles. The summed E-state index contributed by atoms with van der Waals surface area (Å²) >= 11 is 0. The van der Waals surface area contributed by atoms with Crippen LogP contribution in [0.25, 0.3) is 0 Å². The number of ether oxygens (including phenoxy) is 1. The molecular formula is C16H19N3O2. The summed E-state index contributed by atoms with van der Waals surface area (Å²) in [5, 5.41) is 2.86. The number of hydrogen-bond acceptors (Lipinski definition) is 4. The molecule has 21 heavy (non-hydrogen) atoms. The normalized spacial score (nSPS) is 10.2. The number of methoxy groups -OCH3 is 1. The predicted molar refractivity (Wildman–Crippen MR) is 82.2 cm³/mol. The van der Waals surface area contributed by atoms with Crippen LogP contribution in [0.4, 0.5) is 5.69 Å². The molecule has 1 aromatic heterocycles. The van der Waals surface area contributed by atoms with Crippen molar-refractivity contribution in [3.8, 4) is 5.75 Å². The zero-order valence-electron chi connectivity index (χ0n) is 12.2. The zero-order valence-corrected chi connectivity index (χ0v) is 12.2. The van der Waals surface area contributed by atoms with Crippen LogP contribution in [0.2, 0.25) is 0 Å². The van der Waals surface area contributed by atoms with Crippen molar-refractivity contribution in [2.24, 2.45) is 0 Å². The number of nitrogen functional groups attached to an aromatic ring is 1. The highest BCUT2D eigenvalue weighted by molar-refractivity contribution is 5.97. The van der Waals surface area contributed by atoms with E-state index in [1.165, 1.54) is 7.11 Å². The third-order valence-electron chi connectivity index (χ3n) is 3.25. The number of amides is 1. The van der Waals surface area contributed by atoms with Crippen LogP contribution in [-0.4, -0.2) is 18.0 Å². The van der Waals surface area contributed by atoms with Gasteiger partial charge in [-0.05, 0) is 30.2 Å². The first kappa shape index (κ1) is 14.8. The van der Waals surface area contributed by atoms with Gasteiger partial charge in [-0.2, -0.15) is 0 Å². The van der Waals surface area contributed by atoms with Crippen molar-refractivity contribution in [3.05, 3.63) is 53.3 Å². The Labute approximate surface area is 124 Å². The molecule has 1 heterocycles. The molecule has 0 bridgehead atoms. The third-order valence-corrected chi connectivity index (χ3v) is 3.25. The number of aromatic nitrogens is 1. The van der Waals surface area contributed by atoms with Crippen molar-refractivity contribution in [2.75, 3.05) is 12.8 Å². The number of hydrogen-bond donors (Lipinski definition) is 2. The molecule has 1 aromatic carbocycles. The number of nitrogens with two attached hydrogens (primary N) is 1. The number of nitrogens with zero attached hydrogens (tertiary/aromatic N) is 1. The first-order chi connectivity index (χ1) is 10.2. The van der Waals surface area contributed by atoms with Crippen LogP contribution in [0, 0.1) is 0 Å². The van der Waals surface area contributed by atoms with E-state index < -0.39 is 0 Å². The molecule has 0 atom stereocenters. The summed E-state index contributed by atoms with van der Waals surface area (Å²) in [5.74, 6) is 0.254. The SMILES string of the molecule is CCc1cccnc1CNC(=O)c1ccc(N)cc1OC. The summed E-state index contributed by atoms with van der Waals surface area (Å²) in [7, 11) is 1.51. The minimum absolute atomic E-state index is 0.209. The summed E-state index contributed by atoms with van der Waals surface area (Å²) < 4.78 is 5.19. The van der Waals surface area contributed by atoms with E-state index in [-0.39, 0.29) is 5.91 Å². The Bertz CT molecular complexity index is 641. The smallest absolute Gasteiger partial charge is 0.255 e. The van der Waals surface area contributed by atoms with Gasteiger partial charge >= 0.3 is 0 Å². The van der Waals surface area contributed by atoms with Gasteiger partial charge < -0.3 is 15.8 Å². The van der Waals surface area contributed by atoms with E-state index in [0.717, 1.165) is 17.7 Å². The number of benzene rings is 1. The molecule has 0 aliphatic rings. The highest BCUT2D eigenvalue weighted by Gasteiger charge is 2.13. The van der Waals surface area contributed by atoms with Gasteiger partial charge in [0, 0.05) is 18.0 Å². The fourth-order valence-electron chi connectivity index (χ4n) is 2.11. The minimum Gasteiger partial charge on any atom is -0.496 e. The Morgan fingerprint density at radius 1 is 1.38 bits per heavy atom. The van der Waals surface area contributed by atoms with Gasteiger partial charge in [-0.15, -0.1) is 0 Å². The van der Waals surface area contributed by atoms with E-state index in [0.29, 0.717) is 23.5 Å². The number of carbonyl (C=O) groups is 1. The predicted octanol–water partition coefficient (Wildman–Crippen LogP) is 2.16. The van der Waals surface area contributed by atoms with Gasteiger partial charge in [0.25, 0.3) is 5.91 Å². The molecule has 0 aliphatic carbocycles. The first-order valence-electron chi connectivity index (χ1n) is 6.80. The van der Waals surface area contributed by atoms with Gasteiger partial charge in [0.2, 0.25) is 0 Å². The highest BCUT2D eigenvalue weighted by atomic mass is 16.5. The topological polar surface area (TPSA) is 77.2 Å². The van der Waals surface area contributed by atoms with Crippen molar-refractivity contribution in [1.29, 1.82) is 0 Å². The molecule has 2 rings (SSSR count). The second kappa shape index (κ2) is 6.74. The standard InChI is InChI=1S/C16H19N3O2/c1-3-11-5-4-8-18-14(11)10-19-16(20)13-7-6-12(17)9-15(13)21-2/h4-9H,3,10,17H2,1-2H3,(H,19,20). The molecule has 110 valence electrons. The summed E-state index contributed by atoms with van der Waals surface area (Å²) in [6.45, 7) is 2.45. The number of anilines is 1. The van der Waals surface area contributed by atoms with Crippen LogP contribution in [0.15, 0.2) is 36.5 Å². The van der Waals surface area contributed by atoms with Gasteiger partial charge in [0.15, 0.2) is 0 Å².